The van der Waals surface area contributed by atoms with Crippen molar-refractivity contribution in [1.82, 2.24) is 19.6 Å². The van der Waals surface area contributed by atoms with E-state index in [1.54, 1.807) is 11.5 Å². The highest BCUT2D eigenvalue weighted by molar-refractivity contribution is 7.09. The Kier molecular flexibility index (Phi) is 4.33. The van der Waals surface area contributed by atoms with E-state index < -0.39 is 0 Å². The summed E-state index contributed by atoms with van der Waals surface area (Å²) >= 11 is 1.54. The van der Waals surface area contributed by atoms with Crippen LogP contribution in [0.15, 0.2) is 12.1 Å². The number of piperazine rings is 1. The van der Waals surface area contributed by atoms with Crippen molar-refractivity contribution in [2.45, 2.75) is 18.8 Å². The molecule has 26 heavy (non-hydrogen) atoms. The van der Waals surface area contributed by atoms with Crippen molar-refractivity contribution in [1.29, 1.82) is 0 Å². The van der Waals surface area contributed by atoms with Gasteiger partial charge in [0.25, 0.3) is 0 Å². The van der Waals surface area contributed by atoms with Gasteiger partial charge in [0.15, 0.2) is 11.6 Å². The van der Waals surface area contributed by atoms with E-state index in [0.29, 0.717) is 5.92 Å². The van der Waals surface area contributed by atoms with Crippen LogP contribution in [0.5, 0.6) is 0 Å². The lowest BCUT2D eigenvalue weighted by Crippen LogP contribution is -2.47. The smallest absolute Gasteiger partial charge is 0.205 e. The van der Waals surface area contributed by atoms with Gasteiger partial charge in [-0.15, -0.1) is 10.2 Å². The zero-order valence-electron chi connectivity index (χ0n) is 14.8. The summed E-state index contributed by atoms with van der Waals surface area (Å²) in [6, 6.07) is 4.16. The highest BCUT2D eigenvalue weighted by atomic mass is 32.1. The van der Waals surface area contributed by atoms with Crippen molar-refractivity contribution in [3.05, 3.63) is 18.0 Å². The molecule has 3 fully saturated rings. The van der Waals surface area contributed by atoms with Crippen molar-refractivity contribution >= 4 is 28.3 Å². The number of rotatable bonds is 4. The highest BCUT2D eigenvalue weighted by Crippen LogP contribution is 2.39. The summed E-state index contributed by atoms with van der Waals surface area (Å²) in [5.41, 5.74) is 0. The Labute approximate surface area is 157 Å². The third kappa shape index (κ3) is 3.33. The van der Waals surface area contributed by atoms with Crippen molar-refractivity contribution in [3.63, 3.8) is 0 Å². The summed E-state index contributed by atoms with van der Waals surface area (Å²) in [6.07, 6.45) is 2.51. The molecule has 2 aliphatic heterocycles. The third-order valence-corrected chi connectivity index (χ3v) is 6.01. The predicted molar refractivity (Wildman–Crippen MR) is 101 cm³/mol. The zero-order valence-corrected chi connectivity index (χ0v) is 15.6. The topological polar surface area (TPSA) is 70.5 Å². The predicted octanol–water partition coefficient (Wildman–Crippen LogP) is 1.37. The SMILES string of the molecule is c1cc(N2CCN(c3nc(C4CC4)ns3)CC2)nnc1N1CCOCC1. The molecule has 0 amide bonds. The number of anilines is 3. The molecule has 2 aromatic rings. The highest BCUT2D eigenvalue weighted by Gasteiger charge is 2.29. The molecule has 0 aromatic carbocycles. The van der Waals surface area contributed by atoms with E-state index in [0.717, 1.165) is 75.1 Å². The van der Waals surface area contributed by atoms with Crippen LogP contribution in [0.25, 0.3) is 0 Å². The molecule has 3 aliphatic rings. The Morgan fingerprint density at radius 3 is 2.08 bits per heavy atom. The van der Waals surface area contributed by atoms with Crippen LogP contribution < -0.4 is 14.7 Å². The van der Waals surface area contributed by atoms with Crippen LogP contribution in [0, 0.1) is 0 Å². The molecule has 0 unspecified atom stereocenters. The van der Waals surface area contributed by atoms with Gasteiger partial charge in [-0.3, -0.25) is 0 Å². The molecule has 0 N–H and O–H groups in total. The Bertz CT molecular complexity index is 734. The Balaban J connectivity index is 1.19. The van der Waals surface area contributed by atoms with Crippen LogP contribution >= 0.6 is 11.5 Å². The van der Waals surface area contributed by atoms with Crippen molar-refractivity contribution in [3.8, 4) is 0 Å². The second-order valence-corrected chi connectivity index (χ2v) is 7.76. The molecular weight excluding hydrogens is 350 g/mol. The number of hydrogen-bond acceptors (Lipinski definition) is 9. The lowest BCUT2D eigenvalue weighted by Gasteiger charge is -2.35. The molecule has 4 heterocycles. The molecule has 0 spiro atoms. The summed E-state index contributed by atoms with van der Waals surface area (Å²) in [4.78, 5) is 11.6. The molecule has 2 saturated heterocycles. The summed E-state index contributed by atoms with van der Waals surface area (Å²) < 4.78 is 9.92. The van der Waals surface area contributed by atoms with Crippen molar-refractivity contribution in [2.75, 3.05) is 67.2 Å². The Morgan fingerprint density at radius 2 is 1.46 bits per heavy atom. The molecule has 9 heteroatoms. The number of hydrogen-bond donors (Lipinski definition) is 0. The van der Waals surface area contributed by atoms with E-state index in [4.69, 9.17) is 9.72 Å². The van der Waals surface area contributed by atoms with Gasteiger partial charge in [-0.2, -0.15) is 4.37 Å². The number of ether oxygens (including phenoxy) is 1. The second-order valence-electron chi connectivity index (χ2n) is 7.03. The molecule has 2 aromatic heterocycles. The summed E-state index contributed by atoms with van der Waals surface area (Å²) in [5, 5.41) is 9.96. The minimum Gasteiger partial charge on any atom is -0.378 e. The maximum Gasteiger partial charge on any atom is 0.205 e. The molecule has 0 radical (unpaired) electrons. The molecule has 8 nitrogen and oxygen atoms in total. The first kappa shape index (κ1) is 16.2. The molecule has 1 aliphatic carbocycles. The van der Waals surface area contributed by atoms with Crippen molar-refractivity contribution in [2.24, 2.45) is 0 Å². The van der Waals surface area contributed by atoms with Gasteiger partial charge < -0.3 is 19.4 Å². The summed E-state index contributed by atoms with van der Waals surface area (Å²) in [5.74, 6) is 3.58. The van der Waals surface area contributed by atoms with Gasteiger partial charge >= 0.3 is 0 Å². The van der Waals surface area contributed by atoms with Gasteiger partial charge in [0, 0.05) is 56.7 Å². The van der Waals surface area contributed by atoms with Gasteiger partial charge in [0.1, 0.15) is 5.82 Å². The van der Waals surface area contributed by atoms with Crippen LogP contribution in [-0.4, -0.2) is 72.0 Å². The van der Waals surface area contributed by atoms with Gasteiger partial charge in [-0.25, -0.2) is 4.98 Å². The first-order chi connectivity index (χ1) is 12.9. The fraction of sp³-hybridized carbons (Fsp3) is 0.647. The minimum atomic E-state index is 0.626. The quantitative estimate of drug-likeness (QED) is 0.796. The number of morpholine rings is 1. The van der Waals surface area contributed by atoms with E-state index in [1.807, 2.05) is 0 Å². The van der Waals surface area contributed by atoms with Crippen LogP contribution in [-0.2, 0) is 4.74 Å². The van der Waals surface area contributed by atoms with Crippen LogP contribution in [0.4, 0.5) is 16.8 Å². The van der Waals surface area contributed by atoms with Crippen LogP contribution in [0.1, 0.15) is 24.6 Å². The average Bonchev–Trinajstić information content (AvgIpc) is 3.46. The summed E-state index contributed by atoms with van der Waals surface area (Å²) in [6.45, 7) is 7.07. The number of nitrogens with zero attached hydrogens (tertiary/aromatic N) is 7. The number of aromatic nitrogens is 4. The Morgan fingerprint density at radius 1 is 0.846 bits per heavy atom. The van der Waals surface area contributed by atoms with Gasteiger partial charge in [0.2, 0.25) is 5.13 Å². The van der Waals surface area contributed by atoms with Crippen molar-refractivity contribution < 1.29 is 4.74 Å². The third-order valence-electron chi connectivity index (χ3n) is 5.22. The fourth-order valence-electron chi connectivity index (χ4n) is 3.44. The first-order valence-corrected chi connectivity index (χ1v) is 10.1. The fourth-order valence-corrected chi connectivity index (χ4v) is 4.23. The van der Waals surface area contributed by atoms with E-state index in [9.17, 15) is 0 Å². The maximum absolute atomic E-state index is 5.39. The first-order valence-electron chi connectivity index (χ1n) is 9.37. The lowest BCUT2D eigenvalue weighted by atomic mass is 10.3. The molecule has 0 atom stereocenters. The second kappa shape index (κ2) is 6.96. The maximum atomic E-state index is 5.39. The standard InChI is InChI=1S/C17H23N7OS/c1-2-13(1)16-18-17(26-21-16)24-7-5-22(6-8-24)14-3-4-15(20-19-14)23-9-11-25-12-10-23/h3-4,13H,1-2,5-12H2. The molecule has 1 saturated carbocycles. The minimum absolute atomic E-state index is 0.626. The van der Waals surface area contributed by atoms with E-state index in [-0.39, 0.29) is 0 Å². The van der Waals surface area contributed by atoms with E-state index in [1.165, 1.54) is 12.8 Å². The normalized spacial score (nSPS) is 21.3. The van der Waals surface area contributed by atoms with Gasteiger partial charge in [0.05, 0.1) is 13.2 Å². The molecular formula is C17H23N7OS. The van der Waals surface area contributed by atoms with Gasteiger partial charge in [-0.1, -0.05) is 0 Å². The van der Waals surface area contributed by atoms with E-state index in [2.05, 4.69) is 41.4 Å². The molecule has 0 bridgehead atoms. The van der Waals surface area contributed by atoms with Crippen LogP contribution in [0.3, 0.4) is 0 Å². The monoisotopic (exact) mass is 373 g/mol. The Hall–Kier alpha value is -2.00. The van der Waals surface area contributed by atoms with Crippen LogP contribution in [0.2, 0.25) is 0 Å². The zero-order chi connectivity index (χ0) is 17.3. The lowest BCUT2D eigenvalue weighted by molar-refractivity contribution is 0.122. The van der Waals surface area contributed by atoms with Gasteiger partial charge in [-0.05, 0) is 25.0 Å². The summed E-state index contributed by atoms with van der Waals surface area (Å²) in [7, 11) is 0. The van der Waals surface area contributed by atoms with E-state index >= 15 is 0 Å². The largest absolute Gasteiger partial charge is 0.378 e. The molecule has 138 valence electrons. The average molecular weight is 373 g/mol. The molecule has 5 rings (SSSR count).